The molecule has 3 aromatic heterocycles. The molecule has 0 fully saturated rings. The number of carbonyl (C=O) groups is 1. The summed E-state index contributed by atoms with van der Waals surface area (Å²) in [5.41, 5.74) is 0.488. The van der Waals surface area contributed by atoms with Crippen molar-refractivity contribution >= 4 is 22.8 Å². The minimum absolute atomic E-state index is 0.0439. The molecule has 3 aromatic rings. The lowest BCUT2D eigenvalue weighted by Gasteiger charge is -2.01. The molecule has 8 heteroatoms. The number of aryl methyl sites for hydroxylation is 1. The summed E-state index contributed by atoms with van der Waals surface area (Å²) in [5, 5.41) is 12.4. The minimum Gasteiger partial charge on any atom is -0.350 e. The van der Waals surface area contributed by atoms with Gasteiger partial charge in [-0.15, -0.1) is 16.4 Å². The Balaban J connectivity index is 1.77. The van der Waals surface area contributed by atoms with Gasteiger partial charge in [-0.05, 0) is 24.8 Å². The van der Waals surface area contributed by atoms with E-state index < -0.39 is 5.91 Å². The van der Waals surface area contributed by atoms with Crippen LogP contribution in [0.3, 0.4) is 0 Å². The Morgan fingerprint density at radius 2 is 2.38 bits per heavy atom. The van der Waals surface area contributed by atoms with Gasteiger partial charge in [-0.2, -0.15) is 0 Å². The van der Waals surface area contributed by atoms with E-state index in [1.807, 2.05) is 17.5 Å². The fraction of sp³-hybridized carbons (Fsp3) is 0.231. The van der Waals surface area contributed by atoms with Gasteiger partial charge in [0.15, 0.2) is 11.2 Å². The van der Waals surface area contributed by atoms with E-state index in [2.05, 4.69) is 20.6 Å². The van der Waals surface area contributed by atoms with Gasteiger partial charge in [0, 0.05) is 17.1 Å². The molecule has 0 radical (unpaired) electrons. The number of nitrogens with zero attached hydrogens (tertiary/aromatic N) is 3. The average Bonchev–Trinajstić information content (AvgIpc) is 3.07. The number of thiophene rings is 1. The van der Waals surface area contributed by atoms with Gasteiger partial charge in [0.2, 0.25) is 0 Å². The zero-order valence-corrected chi connectivity index (χ0v) is 12.1. The third kappa shape index (κ3) is 2.70. The molecule has 0 saturated heterocycles. The summed E-state index contributed by atoms with van der Waals surface area (Å²) in [6.07, 6.45) is 2.37. The maximum Gasteiger partial charge on any atom is 0.276 e. The second-order valence-corrected chi connectivity index (χ2v) is 5.61. The van der Waals surface area contributed by atoms with Crippen LogP contribution in [0.5, 0.6) is 0 Å². The SMILES string of the molecule is Cc1cn2nnc(C(=O)NCCc3cccs3)c2c(=O)[nH]1. The summed E-state index contributed by atoms with van der Waals surface area (Å²) in [5.74, 6) is -0.393. The van der Waals surface area contributed by atoms with Gasteiger partial charge >= 0.3 is 0 Å². The Kier molecular flexibility index (Phi) is 3.53. The van der Waals surface area contributed by atoms with Crippen molar-refractivity contribution in [1.82, 2.24) is 25.1 Å². The van der Waals surface area contributed by atoms with E-state index in [0.717, 1.165) is 6.42 Å². The molecule has 108 valence electrons. The average molecular weight is 303 g/mol. The fourth-order valence-corrected chi connectivity index (χ4v) is 2.75. The first-order chi connectivity index (χ1) is 10.1. The number of amides is 1. The number of rotatable bonds is 4. The van der Waals surface area contributed by atoms with Crippen LogP contribution < -0.4 is 10.9 Å². The summed E-state index contributed by atoms with van der Waals surface area (Å²) in [6.45, 7) is 2.23. The van der Waals surface area contributed by atoms with Crippen molar-refractivity contribution in [2.75, 3.05) is 6.54 Å². The lowest BCUT2D eigenvalue weighted by molar-refractivity contribution is 0.0950. The molecule has 0 atom stereocenters. The normalized spacial score (nSPS) is 10.9. The number of aromatic amines is 1. The Morgan fingerprint density at radius 3 is 3.14 bits per heavy atom. The van der Waals surface area contributed by atoms with Crippen molar-refractivity contribution in [2.45, 2.75) is 13.3 Å². The fourth-order valence-electron chi connectivity index (χ4n) is 2.04. The first kappa shape index (κ1) is 13.5. The second-order valence-electron chi connectivity index (χ2n) is 4.58. The zero-order valence-electron chi connectivity index (χ0n) is 11.3. The monoisotopic (exact) mass is 303 g/mol. The Bertz CT molecular complexity index is 834. The Morgan fingerprint density at radius 1 is 1.52 bits per heavy atom. The first-order valence-electron chi connectivity index (χ1n) is 6.40. The van der Waals surface area contributed by atoms with Crippen LogP contribution in [0.25, 0.3) is 5.52 Å². The molecule has 0 aliphatic heterocycles. The van der Waals surface area contributed by atoms with Gasteiger partial charge < -0.3 is 10.3 Å². The number of nitrogens with one attached hydrogen (secondary N) is 2. The van der Waals surface area contributed by atoms with Crippen LogP contribution >= 0.6 is 11.3 Å². The number of hydrogen-bond acceptors (Lipinski definition) is 5. The summed E-state index contributed by atoms with van der Waals surface area (Å²) in [7, 11) is 0. The van der Waals surface area contributed by atoms with Crippen LogP contribution in [0, 0.1) is 6.92 Å². The van der Waals surface area contributed by atoms with Gasteiger partial charge in [-0.3, -0.25) is 9.59 Å². The third-order valence-corrected chi connectivity index (χ3v) is 3.92. The van der Waals surface area contributed by atoms with E-state index in [9.17, 15) is 9.59 Å². The maximum absolute atomic E-state index is 12.1. The quantitative estimate of drug-likeness (QED) is 0.744. The molecule has 1 amide bonds. The molecule has 0 aliphatic carbocycles. The highest BCUT2D eigenvalue weighted by Gasteiger charge is 2.17. The van der Waals surface area contributed by atoms with Crippen molar-refractivity contribution in [2.24, 2.45) is 0 Å². The molecule has 3 rings (SSSR count). The second kappa shape index (κ2) is 5.49. The zero-order chi connectivity index (χ0) is 14.8. The lowest BCUT2D eigenvalue weighted by atomic mass is 10.3. The predicted octanol–water partition coefficient (Wildman–Crippen LogP) is 0.760. The molecule has 7 nitrogen and oxygen atoms in total. The van der Waals surface area contributed by atoms with Crippen LogP contribution in [0.2, 0.25) is 0 Å². The third-order valence-electron chi connectivity index (χ3n) is 2.99. The van der Waals surface area contributed by atoms with Gasteiger partial charge in [0.05, 0.1) is 6.20 Å². The minimum atomic E-state index is -0.393. The van der Waals surface area contributed by atoms with E-state index in [1.165, 1.54) is 9.39 Å². The van der Waals surface area contributed by atoms with Crippen molar-refractivity contribution in [1.29, 1.82) is 0 Å². The molecule has 0 spiro atoms. The molecular weight excluding hydrogens is 290 g/mol. The van der Waals surface area contributed by atoms with E-state index in [4.69, 9.17) is 0 Å². The summed E-state index contributed by atoms with van der Waals surface area (Å²) >= 11 is 1.64. The number of aromatic nitrogens is 4. The Hall–Kier alpha value is -2.48. The van der Waals surface area contributed by atoms with Crippen LogP contribution in [0.15, 0.2) is 28.5 Å². The van der Waals surface area contributed by atoms with Gasteiger partial charge in [-0.1, -0.05) is 11.3 Å². The number of hydrogen-bond donors (Lipinski definition) is 2. The number of carbonyl (C=O) groups excluding carboxylic acids is 1. The topological polar surface area (TPSA) is 92.2 Å². The highest BCUT2D eigenvalue weighted by Crippen LogP contribution is 2.08. The van der Waals surface area contributed by atoms with Crippen LogP contribution in [-0.2, 0) is 6.42 Å². The van der Waals surface area contributed by atoms with E-state index in [0.29, 0.717) is 12.2 Å². The van der Waals surface area contributed by atoms with Crippen molar-refractivity contribution < 1.29 is 4.79 Å². The number of fused-ring (bicyclic) bond motifs is 1. The molecule has 0 saturated carbocycles. The highest BCUT2D eigenvalue weighted by molar-refractivity contribution is 7.09. The largest absolute Gasteiger partial charge is 0.350 e. The first-order valence-corrected chi connectivity index (χ1v) is 7.28. The molecule has 0 bridgehead atoms. The molecular formula is C13H13N5O2S. The smallest absolute Gasteiger partial charge is 0.276 e. The highest BCUT2D eigenvalue weighted by atomic mass is 32.1. The molecule has 0 unspecified atom stereocenters. The summed E-state index contributed by atoms with van der Waals surface area (Å²) in [6, 6.07) is 3.98. The lowest BCUT2D eigenvalue weighted by Crippen LogP contribution is -2.27. The van der Waals surface area contributed by atoms with E-state index >= 15 is 0 Å². The van der Waals surface area contributed by atoms with Crippen molar-refractivity contribution in [3.05, 3.63) is 50.3 Å². The predicted molar refractivity (Wildman–Crippen MR) is 78.7 cm³/mol. The Labute approximate surface area is 123 Å². The van der Waals surface area contributed by atoms with Crippen molar-refractivity contribution in [3.8, 4) is 0 Å². The number of H-pyrrole nitrogens is 1. The molecule has 3 heterocycles. The summed E-state index contributed by atoms with van der Waals surface area (Å²) < 4.78 is 1.32. The molecule has 0 aliphatic rings. The summed E-state index contributed by atoms with van der Waals surface area (Å²) in [4.78, 5) is 27.9. The van der Waals surface area contributed by atoms with Crippen LogP contribution in [0.1, 0.15) is 21.1 Å². The van der Waals surface area contributed by atoms with Crippen molar-refractivity contribution in [3.63, 3.8) is 0 Å². The van der Waals surface area contributed by atoms with Crippen LogP contribution in [-0.4, -0.2) is 32.3 Å². The van der Waals surface area contributed by atoms with Crippen LogP contribution in [0.4, 0.5) is 0 Å². The molecule has 21 heavy (non-hydrogen) atoms. The standard InChI is InChI=1S/C13H13N5O2S/c1-8-7-18-11(13(20)15-8)10(16-17-18)12(19)14-5-4-9-3-2-6-21-9/h2-3,6-7H,4-5H2,1H3,(H,14,19)(H,15,20). The van der Waals surface area contributed by atoms with E-state index in [-0.39, 0.29) is 16.8 Å². The molecule has 0 aromatic carbocycles. The maximum atomic E-state index is 12.1. The molecule has 2 N–H and O–H groups in total. The van der Waals surface area contributed by atoms with Gasteiger partial charge in [-0.25, -0.2) is 4.52 Å². The van der Waals surface area contributed by atoms with Gasteiger partial charge in [0.25, 0.3) is 11.5 Å². The van der Waals surface area contributed by atoms with Gasteiger partial charge in [0.1, 0.15) is 0 Å². The van der Waals surface area contributed by atoms with E-state index in [1.54, 1.807) is 24.5 Å².